The minimum atomic E-state index is -5.05. The first-order chi connectivity index (χ1) is 25.1. The summed E-state index contributed by atoms with van der Waals surface area (Å²) in [5.74, 6) is -0.434. The number of aliphatic hydroxyl groups excluding tert-OH is 3. The van der Waals surface area contributed by atoms with Gasteiger partial charge in [-0.05, 0) is 57.8 Å². The smallest absolute Gasteiger partial charge is 0.397 e. The van der Waals surface area contributed by atoms with E-state index in [-0.39, 0.29) is 19.6 Å². The van der Waals surface area contributed by atoms with Crippen LogP contribution in [0.15, 0.2) is 60.8 Å². The molecule has 1 fully saturated rings. The summed E-state index contributed by atoms with van der Waals surface area (Å²) in [4.78, 5) is 12.4. The van der Waals surface area contributed by atoms with Gasteiger partial charge in [-0.25, -0.2) is 4.18 Å². The van der Waals surface area contributed by atoms with Crippen molar-refractivity contribution in [3.05, 3.63) is 60.8 Å². The van der Waals surface area contributed by atoms with Crippen molar-refractivity contribution in [2.75, 3.05) is 26.4 Å². The number of carbonyl (C=O) groups excluding carboxylic acids is 1. The van der Waals surface area contributed by atoms with Crippen LogP contribution in [0.4, 0.5) is 0 Å². The predicted molar refractivity (Wildman–Crippen MR) is 202 cm³/mol. The highest BCUT2D eigenvalue weighted by molar-refractivity contribution is 7.80. The molecular formula is C39H66O12S. The highest BCUT2D eigenvalue weighted by Crippen LogP contribution is 2.26. The van der Waals surface area contributed by atoms with Gasteiger partial charge < -0.3 is 34.3 Å². The Morgan fingerprint density at radius 1 is 0.750 bits per heavy atom. The van der Waals surface area contributed by atoms with Gasteiger partial charge in [-0.1, -0.05) is 113 Å². The molecule has 1 aliphatic heterocycles. The van der Waals surface area contributed by atoms with Crippen LogP contribution in [0, 0.1) is 0 Å². The van der Waals surface area contributed by atoms with Crippen molar-refractivity contribution >= 4 is 16.4 Å². The number of esters is 1. The maximum absolute atomic E-state index is 12.4. The minimum absolute atomic E-state index is 0.0204. The van der Waals surface area contributed by atoms with E-state index in [1.165, 1.54) is 6.42 Å². The molecule has 6 unspecified atom stereocenters. The Balaban J connectivity index is 2.30. The number of ether oxygens (including phenoxy) is 4. The number of rotatable bonds is 31. The van der Waals surface area contributed by atoms with Crippen LogP contribution < -0.4 is 0 Å². The van der Waals surface area contributed by atoms with E-state index in [9.17, 15) is 28.5 Å². The molecule has 12 nitrogen and oxygen atoms in total. The molecule has 0 spiro atoms. The van der Waals surface area contributed by atoms with Crippen molar-refractivity contribution in [3.63, 3.8) is 0 Å². The molecule has 1 aliphatic rings. The summed E-state index contributed by atoms with van der Waals surface area (Å²) < 4.78 is 58.3. The summed E-state index contributed by atoms with van der Waals surface area (Å²) in [5.41, 5.74) is 0. The first-order valence-electron chi connectivity index (χ1n) is 19.0. The molecule has 52 heavy (non-hydrogen) atoms. The molecule has 0 radical (unpaired) electrons. The third-order valence-electron chi connectivity index (χ3n) is 8.15. The van der Waals surface area contributed by atoms with Crippen LogP contribution >= 0.6 is 0 Å². The van der Waals surface area contributed by atoms with Crippen LogP contribution in [0.3, 0.4) is 0 Å². The van der Waals surface area contributed by atoms with Crippen LogP contribution in [0.1, 0.15) is 117 Å². The van der Waals surface area contributed by atoms with Gasteiger partial charge in [-0.3, -0.25) is 9.35 Å². The van der Waals surface area contributed by atoms with Gasteiger partial charge in [-0.2, -0.15) is 8.42 Å². The van der Waals surface area contributed by atoms with E-state index < -0.39 is 59.8 Å². The second-order valence-corrected chi connectivity index (χ2v) is 13.8. The van der Waals surface area contributed by atoms with E-state index >= 15 is 0 Å². The zero-order chi connectivity index (χ0) is 38.3. The van der Waals surface area contributed by atoms with Crippen molar-refractivity contribution in [2.24, 2.45) is 0 Å². The largest absolute Gasteiger partial charge is 0.457 e. The summed E-state index contributed by atoms with van der Waals surface area (Å²) in [6.45, 7) is 3.61. The number of carbonyl (C=O) groups is 1. The summed E-state index contributed by atoms with van der Waals surface area (Å²) in [7, 11) is -5.05. The van der Waals surface area contributed by atoms with E-state index in [1.54, 1.807) is 0 Å². The monoisotopic (exact) mass is 758 g/mol. The van der Waals surface area contributed by atoms with Crippen molar-refractivity contribution in [2.45, 2.75) is 153 Å². The lowest BCUT2D eigenvalue weighted by atomic mass is 9.99. The molecule has 300 valence electrons. The van der Waals surface area contributed by atoms with Crippen molar-refractivity contribution < 1.29 is 56.2 Å². The molecule has 4 N–H and O–H groups in total. The molecule has 0 aromatic rings. The fourth-order valence-electron chi connectivity index (χ4n) is 5.28. The van der Waals surface area contributed by atoms with Gasteiger partial charge in [0.15, 0.2) is 6.29 Å². The lowest BCUT2D eigenvalue weighted by Crippen LogP contribution is -2.60. The summed E-state index contributed by atoms with van der Waals surface area (Å²) in [5, 5.41) is 30.3. The van der Waals surface area contributed by atoms with Crippen molar-refractivity contribution in [1.29, 1.82) is 0 Å². The molecule has 0 aromatic heterocycles. The molecule has 0 aliphatic carbocycles. The Labute approximate surface area is 312 Å². The maximum Gasteiger partial charge on any atom is 0.397 e. The number of hydrogen-bond donors (Lipinski definition) is 4. The summed E-state index contributed by atoms with van der Waals surface area (Å²) in [6, 6.07) is 0. The molecule has 1 saturated heterocycles. The van der Waals surface area contributed by atoms with Crippen LogP contribution in [0.5, 0.6) is 0 Å². The van der Waals surface area contributed by atoms with Gasteiger partial charge in [0.2, 0.25) is 0 Å². The average molecular weight is 759 g/mol. The van der Waals surface area contributed by atoms with E-state index in [0.717, 1.165) is 83.5 Å². The van der Waals surface area contributed by atoms with Gasteiger partial charge in [-0.15, -0.1) is 0 Å². The molecular weight excluding hydrogens is 692 g/mol. The van der Waals surface area contributed by atoms with Crippen LogP contribution in [-0.2, 0) is 38.3 Å². The maximum atomic E-state index is 12.4. The van der Waals surface area contributed by atoms with E-state index in [2.05, 4.69) is 71.9 Å². The zero-order valence-corrected chi connectivity index (χ0v) is 32.2. The predicted octanol–water partition coefficient (Wildman–Crippen LogP) is 6.62. The first-order valence-corrected chi connectivity index (χ1v) is 20.4. The average Bonchev–Trinajstić information content (AvgIpc) is 3.11. The standard InChI is InChI=1S/C39H66O12S/c1-3-5-7-8-9-10-11-12-13-14-15-16-17-18-19-20-21-22-23-24-25-27-29-47-31-33(49-35(41)28-26-6-4-2)32-48-39-37(43)38(51-52(44,45)46)36(42)34(30-40)50-39/h5,7,9-10,12-13,15-16,18-19,33-34,36-40,42-43H,3-4,6,8,11,14,17,20-32H2,1-2H3,(H,44,45,46)/b7-5-,10-9-,13-12-,16-15-,19-18-. The Bertz CT molecular complexity index is 1150. The topological polar surface area (TPSA) is 178 Å². The van der Waals surface area contributed by atoms with E-state index in [0.29, 0.717) is 13.0 Å². The van der Waals surface area contributed by atoms with Crippen molar-refractivity contribution in [1.82, 2.24) is 0 Å². The van der Waals surface area contributed by atoms with Crippen LogP contribution in [0.25, 0.3) is 0 Å². The summed E-state index contributed by atoms with van der Waals surface area (Å²) >= 11 is 0. The fraction of sp³-hybridized carbons (Fsp3) is 0.718. The Morgan fingerprint density at radius 3 is 1.90 bits per heavy atom. The Hall–Kier alpha value is -2.20. The second-order valence-electron chi connectivity index (χ2n) is 12.8. The van der Waals surface area contributed by atoms with Crippen LogP contribution in [-0.4, -0.2) is 97.5 Å². The van der Waals surface area contributed by atoms with Crippen LogP contribution in [0.2, 0.25) is 0 Å². The number of unbranched alkanes of at least 4 members (excludes halogenated alkanes) is 8. The SMILES string of the molecule is CC/C=C\C/C=C\C/C=C\C/C=C\C/C=C\CCCCCCCCOCC(COC1OC(CO)C(O)C(OS(=O)(=O)O)C1O)OC(=O)CCCCC. The van der Waals surface area contributed by atoms with Gasteiger partial charge in [0.05, 0.1) is 19.8 Å². The molecule has 0 saturated carbocycles. The second kappa shape index (κ2) is 31.2. The Kier molecular flexibility index (Phi) is 28.7. The lowest BCUT2D eigenvalue weighted by molar-refractivity contribution is -0.301. The highest BCUT2D eigenvalue weighted by Gasteiger charge is 2.48. The molecule has 1 rings (SSSR count). The van der Waals surface area contributed by atoms with Crippen molar-refractivity contribution in [3.8, 4) is 0 Å². The number of hydrogen-bond acceptors (Lipinski definition) is 11. The summed E-state index contributed by atoms with van der Waals surface area (Å²) in [6.07, 6.45) is 28.0. The quantitative estimate of drug-likeness (QED) is 0.0258. The van der Waals surface area contributed by atoms with Gasteiger partial charge in [0.1, 0.15) is 30.5 Å². The molecule has 0 aromatic carbocycles. The fourth-order valence-corrected chi connectivity index (χ4v) is 5.79. The van der Waals surface area contributed by atoms with Gasteiger partial charge >= 0.3 is 16.4 Å². The Morgan fingerprint density at radius 2 is 1.33 bits per heavy atom. The normalized spacial score (nSPS) is 22.2. The molecule has 0 amide bonds. The molecule has 6 atom stereocenters. The highest BCUT2D eigenvalue weighted by atomic mass is 32.3. The third-order valence-corrected chi connectivity index (χ3v) is 8.62. The molecule has 0 bridgehead atoms. The third kappa shape index (κ3) is 24.9. The molecule has 13 heteroatoms. The number of aliphatic hydroxyl groups is 3. The lowest BCUT2D eigenvalue weighted by Gasteiger charge is -2.41. The van der Waals surface area contributed by atoms with Gasteiger partial charge in [0, 0.05) is 13.0 Å². The van der Waals surface area contributed by atoms with E-state index in [1.807, 2.05) is 6.92 Å². The zero-order valence-electron chi connectivity index (χ0n) is 31.3. The van der Waals surface area contributed by atoms with Gasteiger partial charge in [0.25, 0.3) is 0 Å². The molecule has 1 heterocycles. The first kappa shape index (κ1) is 47.8. The minimum Gasteiger partial charge on any atom is -0.457 e. The number of allylic oxidation sites excluding steroid dienone is 10. The van der Waals surface area contributed by atoms with E-state index in [4.69, 9.17) is 23.5 Å².